The van der Waals surface area contributed by atoms with E-state index in [0.717, 1.165) is 32.1 Å². The van der Waals surface area contributed by atoms with Crippen LogP contribution in [-0.2, 0) is 24.3 Å². The van der Waals surface area contributed by atoms with Crippen LogP contribution in [-0.4, -0.2) is 56.9 Å². The molecule has 2 saturated carbocycles. The number of carbonyl (C=O) groups is 2. The van der Waals surface area contributed by atoms with Gasteiger partial charge in [-0.25, -0.2) is 8.42 Å². The van der Waals surface area contributed by atoms with Crippen LogP contribution in [0.5, 0.6) is 0 Å². The SMILES string of the molecule is O=C(CC1(C(=O)Nc2cccc(S(=O)(=O)N3CCOCC3)c2)CCCCC1)NC1CC1. The van der Waals surface area contributed by atoms with Crippen molar-refractivity contribution in [1.29, 1.82) is 0 Å². The van der Waals surface area contributed by atoms with Gasteiger partial charge >= 0.3 is 0 Å². The third-order valence-corrected chi connectivity index (χ3v) is 8.33. The fraction of sp³-hybridized carbons (Fsp3) is 0.636. The van der Waals surface area contributed by atoms with Crippen LogP contribution in [0.3, 0.4) is 0 Å². The van der Waals surface area contributed by atoms with E-state index in [1.165, 1.54) is 10.4 Å². The summed E-state index contributed by atoms with van der Waals surface area (Å²) in [6.07, 6.45) is 6.43. The van der Waals surface area contributed by atoms with Crippen LogP contribution in [0.1, 0.15) is 51.4 Å². The summed E-state index contributed by atoms with van der Waals surface area (Å²) in [4.78, 5) is 26.0. The highest BCUT2D eigenvalue weighted by Crippen LogP contribution is 2.41. The molecule has 0 spiro atoms. The van der Waals surface area contributed by atoms with Gasteiger partial charge in [0.1, 0.15) is 0 Å². The highest BCUT2D eigenvalue weighted by molar-refractivity contribution is 7.89. The van der Waals surface area contributed by atoms with Crippen LogP contribution in [0, 0.1) is 5.41 Å². The average Bonchev–Trinajstić information content (AvgIpc) is 3.59. The van der Waals surface area contributed by atoms with Crippen LogP contribution in [0.15, 0.2) is 29.2 Å². The first kappa shape index (κ1) is 22.2. The lowest BCUT2D eigenvalue weighted by Gasteiger charge is -2.35. The zero-order valence-corrected chi connectivity index (χ0v) is 18.6. The minimum Gasteiger partial charge on any atom is -0.379 e. The Labute approximate surface area is 183 Å². The number of nitrogens with zero attached hydrogens (tertiary/aromatic N) is 1. The summed E-state index contributed by atoms with van der Waals surface area (Å²) < 4.78 is 32.6. The molecule has 0 unspecified atom stereocenters. The van der Waals surface area contributed by atoms with Gasteiger partial charge in [-0.05, 0) is 43.9 Å². The van der Waals surface area contributed by atoms with E-state index in [1.54, 1.807) is 18.2 Å². The molecule has 0 radical (unpaired) electrons. The summed E-state index contributed by atoms with van der Waals surface area (Å²) >= 11 is 0. The lowest BCUT2D eigenvalue weighted by atomic mass is 9.71. The van der Waals surface area contributed by atoms with Crippen molar-refractivity contribution >= 4 is 27.5 Å². The molecule has 170 valence electrons. The monoisotopic (exact) mass is 449 g/mol. The molecule has 31 heavy (non-hydrogen) atoms. The van der Waals surface area contributed by atoms with Crippen molar-refractivity contribution in [3.05, 3.63) is 24.3 Å². The Balaban J connectivity index is 1.49. The summed E-state index contributed by atoms with van der Waals surface area (Å²) in [5, 5.41) is 5.91. The Kier molecular flexibility index (Phi) is 6.64. The van der Waals surface area contributed by atoms with Crippen LogP contribution >= 0.6 is 0 Å². The van der Waals surface area contributed by atoms with Gasteiger partial charge in [-0.2, -0.15) is 4.31 Å². The van der Waals surface area contributed by atoms with Crippen molar-refractivity contribution in [2.45, 2.75) is 62.3 Å². The molecule has 0 bridgehead atoms. The second kappa shape index (κ2) is 9.26. The quantitative estimate of drug-likeness (QED) is 0.664. The van der Waals surface area contributed by atoms with Crippen LogP contribution in [0.25, 0.3) is 0 Å². The lowest BCUT2D eigenvalue weighted by Crippen LogP contribution is -2.42. The normalized spacial score (nSPS) is 21.9. The van der Waals surface area contributed by atoms with Gasteiger partial charge in [0.25, 0.3) is 0 Å². The average molecular weight is 450 g/mol. The smallest absolute Gasteiger partial charge is 0.243 e. The third kappa shape index (κ3) is 5.27. The molecular weight excluding hydrogens is 418 g/mol. The maximum absolute atomic E-state index is 13.3. The number of amides is 2. The zero-order valence-electron chi connectivity index (χ0n) is 17.8. The molecule has 0 aromatic heterocycles. The number of hydrogen-bond acceptors (Lipinski definition) is 5. The van der Waals surface area contributed by atoms with E-state index in [-0.39, 0.29) is 29.2 Å². The molecule has 9 heteroatoms. The van der Waals surface area contributed by atoms with Crippen LogP contribution in [0.2, 0.25) is 0 Å². The highest BCUT2D eigenvalue weighted by Gasteiger charge is 2.42. The second-order valence-electron chi connectivity index (χ2n) is 8.86. The van der Waals surface area contributed by atoms with Gasteiger partial charge in [0.2, 0.25) is 21.8 Å². The first-order valence-electron chi connectivity index (χ1n) is 11.2. The molecular formula is C22H31N3O5S. The zero-order chi connectivity index (χ0) is 21.9. The minimum atomic E-state index is -3.65. The Morgan fingerprint density at radius 2 is 1.81 bits per heavy atom. The van der Waals surface area contributed by atoms with E-state index < -0.39 is 15.4 Å². The Bertz CT molecular complexity index is 917. The standard InChI is InChI=1S/C22H31N3O5S/c26-20(23-17-7-8-17)16-22(9-2-1-3-10-22)21(27)24-18-5-4-6-19(15-18)31(28,29)25-11-13-30-14-12-25/h4-6,15,17H,1-3,7-14,16H2,(H,23,26)(H,24,27). The fourth-order valence-corrected chi connectivity index (χ4v) is 5.91. The molecule has 3 fully saturated rings. The van der Waals surface area contributed by atoms with Crippen LogP contribution in [0.4, 0.5) is 5.69 Å². The van der Waals surface area contributed by atoms with Gasteiger partial charge in [-0.15, -0.1) is 0 Å². The van der Waals surface area contributed by atoms with Gasteiger partial charge in [0.15, 0.2) is 0 Å². The molecule has 8 nitrogen and oxygen atoms in total. The van der Waals surface area contributed by atoms with Gasteiger partial charge in [-0.1, -0.05) is 25.3 Å². The molecule has 4 rings (SSSR count). The predicted octanol–water partition coefficient (Wildman–Crippen LogP) is 2.27. The summed E-state index contributed by atoms with van der Waals surface area (Å²) in [6.45, 7) is 1.39. The number of rotatable bonds is 7. The summed E-state index contributed by atoms with van der Waals surface area (Å²) in [7, 11) is -3.65. The number of carbonyl (C=O) groups excluding carboxylic acids is 2. The Morgan fingerprint density at radius 3 is 2.48 bits per heavy atom. The van der Waals surface area contributed by atoms with Gasteiger partial charge in [-0.3, -0.25) is 9.59 Å². The van der Waals surface area contributed by atoms with E-state index in [4.69, 9.17) is 4.74 Å². The van der Waals surface area contributed by atoms with E-state index in [9.17, 15) is 18.0 Å². The van der Waals surface area contributed by atoms with E-state index in [2.05, 4.69) is 10.6 Å². The lowest BCUT2D eigenvalue weighted by molar-refractivity contribution is -0.134. The van der Waals surface area contributed by atoms with Crippen LogP contribution < -0.4 is 10.6 Å². The number of ether oxygens (including phenoxy) is 1. The first-order chi connectivity index (χ1) is 14.9. The Hall–Kier alpha value is -1.97. The minimum absolute atomic E-state index is 0.0665. The highest BCUT2D eigenvalue weighted by atomic mass is 32.2. The van der Waals surface area contributed by atoms with Gasteiger partial charge in [0.05, 0.1) is 23.5 Å². The molecule has 2 N–H and O–H groups in total. The van der Waals surface area contributed by atoms with Crippen molar-refractivity contribution in [2.75, 3.05) is 31.6 Å². The maximum Gasteiger partial charge on any atom is 0.243 e. The number of benzene rings is 1. The molecule has 1 aromatic rings. The van der Waals surface area contributed by atoms with Gasteiger partial charge in [0, 0.05) is 31.2 Å². The van der Waals surface area contributed by atoms with E-state index >= 15 is 0 Å². The number of hydrogen-bond donors (Lipinski definition) is 2. The number of sulfonamides is 1. The van der Waals surface area contributed by atoms with Crippen molar-refractivity contribution in [3.8, 4) is 0 Å². The topological polar surface area (TPSA) is 105 Å². The number of nitrogens with one attached hydrogen (secondary N) is 2. The largest absolute Gasteiger partial charge is 0.379 e. The molecule has 1 aliphatic heterocycles. The summed E-state index contributed by atoms with van der Waals surface area (Å²) in [5.41, 5.74) is -0.303. The molecule has 3 aliphatic rings. The van der Waals surface area contributed by atoms with Crippen molar-refractivity contribution in [1.82, 2.24) is 9.62 Å². The van der Waals surface area contributed by atoms with Crippen molar-refractivity contribution in [2.24, 2.45) is 5.41 Å². The summed E-state index contributed by atoms with van der Waals surface area (Å²) in [5.74, 6) is -0.262. The van der Waals surface area contributed by atoms with Crippen molar-refractivity contribution < 1.29 is 22.7 Å². The second-order valence-corrected chi connectivity index (χ2v) is 10.8. The van der Waals surface area contributed by atoms with E-state index in [1.807, 2.05) is 0 Å². The third-order valence-electron chi connectivity index (χ3n) is 6.43. The van der Waals surface area contributed by atoms with Gasteiger partial charge < -0.3 is 15.4 Å². The molecule has 1 heterocycles. The maximum atomic E-state index is 13.3. The Morgan fingerprint density at radius 1 is 1.10 bits per heavy atom. The predicted molar refractivity (Wildman–Crippen MR) is 116 cm³/mol. The van der Waals surface area contributed by atoms with Crippen molar-refractivity contribution in [3.63, 3.8) is 0 Å². The van der Waals surface area contributed by atoms with E-state index in [0.29, 0.717) is 44.8 Å². The molecule has 2 amide bonds. The summed E-state index contributed by atoms with van der Waals surface area (Å²) in [6, 6.07) is 6.63. The fourth-order valence-electron chi connectivity index (χ4n) is 4.46. The number of anilines is 1. The molecule has 1 saturated heterocycles. The number of morpholine rings is 1. The molecule has 1 aromatic carbocycles. The first-order valence-corrected chi connectivity index (χ1v) is 12.6. The molecule has 0 atom stereocenters. The molecule has 2 aliphatic carbocycles.